The lowest BCUT2D eigenvalue weighted by Gasteiger charge is -2.36. The number of carbonyl (C=O) groups excluding carboxylic acids is 1. The SMILES string of the molecule is O=C(c1ccc(CSCc2ccccc2)cc1)N1CCN(c2ccccc2)CC1. The minimum Gasteiger partial charge on any atom is -0.368 e. The highest BCUT2D eigenvalue weighted by Crippen LogP contribution is 2.20. The van der Waals surface area contributed by atoms with Crippen LogP contribution in [0.15, 0.2) is 84.9 Å². The van der Waals surface area contributed by atoms with Gasteiger partial charge in [-0.15, -0.1) is 0 Å². The van der Waals surface area contributed by atoms with Crippen molar-refractivity contribution in [2.75, 3.05) is 31.1 Å². The summed E-state index contributed by atoms with van der Waals surface area (Å²) in [6.45, 7) is 3.29. The third kappa shape index (κ3) is 5.21. The first kappa shape index (κ1) is 19.6. The van der Waals surface area contributed by atoms with Gasteiger partial charge in [0.2, 0.25) is 0 Å². The molecule has 0 unspecified atom stereocenters. The van der Waals surface area contributed by atoms with Gasteiger partial charge in [-0.2, -0.15) is 11.8 Å². The van der Waals surface area contributed by atoms with Crippen LogP contribution in [0.2, 0.25) is 0 Å². The van der Waals surface area contributed by atoms with E-state index in [1.54, 1.807) is 0 Å². The van der Waals surface area contributed by atoms with Gasteiger partial charge in [-0.3, -0.25) is 4.79 Å². The lowest BCUT2D eigenvalue weighted by Crippen LogP contribution is -2.48. The van der Waals surface area contributed by atoms with Crippen LogP contribution in [0.4, 0.5) is 5.69 Å². The number of rotatable bonds is 6. The molecule has 0 bridgehead atoms. The molecule has 0 N–H and O–H groups in total. The van der Waals surface area contributed by atoms with E-state index in [0.717, 1.165) is 43.2 Å². The van der Waals surface area contributed by atoms with Crippen molar-refractivity contribution in [3.8, 4) is 0 Å². The Morgan fingerprint density at radius 2 is 1.24 bits per heavy atom. The third-order valence-electron chi connectivity index (χ3n) is 5.27. The number of hydrogen-bond donors (Lipinski definition) is 0. The maximum absolute atomic E-state index is 12.9. The average molecular weight is 403 g/mol. The highest BCUT2D eigenvalue weighted by molar-refractivity contribution is 7.97. The molecule has 0 aliphatic carbocycles. The molecule has 0 spiro atoms. The second kappa shape index (κ2) is 9.66. The number of thioether (sulfide) groups is 1. The zero-order valence-electron chi connectivity index (χ0n) is 16.5. The number of piperazine rings is 1. The van der Waals surface area contributed by atoms with E-state index in [1.165, 1.54) is 16.8 Å². The summed E-state index contributed by atoms with van der Waals surface area (Å²) in [6, 6.07) is 29.1. The molecule has 1 fully saturated rings. The van der Waals surface area contributed by atoms with Crippen LogP contribution in [-0.2, 0) is 11.5 Å². The average Bonchev–Trinajstić information content (AvgIpc) is 2.80. The highest BCUT2D eigenvalue weighted by atomic mass is 32.2. The third-order valence-corrected chi connectivity index (χ3v) is 6.34. The quantitative estimate of drug-likeness (QED) is 0.574. The molecule has 0 aromatic heterocycles. The van der Waals surface area contributed by atoms with Crippen molar-refractivity contribution >= 4 is 23.4 Å². The number of amides is 1. The fourth-order valence-electron chi connectivity index (χ4n) is 3.59. The summed E-state index contributed by atoms with van der Waals surface area (Å²) in [6.07, 6.45) is 0. The van der Waals surface area contributed by atoms with Gasteiger partial charge in [-0.25, -0.2) is 0 Å². The Morgan fingerprint density at radius 1 is 0.690 bits per heavy atom. The van der Waals surface area contributed by atoms with Crippen molar-refractivity contribution in [3.63, 3.8) is 0 Å². The number of carbonyl (C=O) groups is 1. The monoisotopic (exact) mass is 402 g/mol. The molecule has 29 heavy (non-hydrogen) atoms. The van der Waals surface area contributed by atoms with E-state index < -0.39 is 0 Å². The zero-order valence-corrected chi connectivity index (χ0v) is 17.4. The number of hydrogen-bond acceptors (Lipinski definition) is 3. The Kier molecular flexibility index (Phi) is 6.52. The normalized spacial score (nSPS) is 14.1. The Bertz CT molecular complexity index is 905. The Labute approximate surface area is 177 Å². The van der Waals surface area contributed by atoms with E-state index in [4.69, 9.17) is 0 Å². The van der Waals surface area contributed by atoms with Crippen LogP contribution in [0.5, 0.6) is 0 Å². The minimum atomic E-state index is 0.140. The summed E-state index contributed by atoms with van der Waals surface area (Å²) in [4.78, 5) is 17.2. The van der Waals surface area contributed by atoms with Gasteiger partial charge >= 0.3 is 0 Å². The van der Waals surface area contributed by atoms with Crippen molar-refractivity contribution in [2.45, 2.75) is 11.5 Å². The van der Waals surface area contributed by atoms with Crippen LogP contribution < -0.4 is 4.90 Å². The first-order valence-electron chi connectivity index (χ1n) is 10.1. The molecule has 148 valence electrons. The van der Waals surface area contributed by atoms with Gasteiger partial charge in [0.05, 0.1) is 0 Å². The Hall–Kier alpha value is -2.72. The molecule has 1 aliphatic heterocycles. The topological polar surface area (TPSA) is 23.6 Å². The van der Waals surface area contributed by atoms with Gasteiger partial charge in [-0.1, -0.05) is 60.7 Å². The fourth-order valence-corrected chi connectivity index (χ4v) is 4.55. The summed E-state index contributed by atoms with van der Waals surface area (Å²) in [5, 5.41) is 0. The number of para-hydroxylation sites is 1. The van der Waals surface area contributed by atoms with Crippen LogP contribution in [0.3, 0.4) is 0 Å². The van der Waals surface area contributed by atoms with E-state index >= 15 is 0 Å². The lowest BCUT2D eigenvalue weighted by molar-refractivity contribution is 0.0747. The first-order chi connectivity index (χ1) is 14.3. The Morgan fingerprint density at radius 3 is 1.86 bits per heavy atom. The predicted octanol–water partition coefficient (Wildman–Crippen LogP) is 5.08. The van der Waals surface area contributed by atoms with Crippen molar-refractivity contribution in [1.82, 2.24) is 4.90 Å². The number of benzene rings is 3. The van der Waals surface area contributed by atoms with E-state index in [9.17, 15) is 4.79 Å². The maximum atomic E-state index is 12.9. The molecular formula is C25H26N2OS. The van der Waals surface area contributed by atoms with Gasteiger partial charge in [0.25, 0.3) is 5.91 Å². The van der Waals surface area contributed by atoms with Gasteiger partial charge in [0.1, 0.15) is 0 Å². The van der Waals surface area contributed by atoms with Gasteiger partial charge in [-0.05, 0) is 35.4 Å². The van der Waals surface area contributed by atoms with Crippen LogP contribution >= 0.6 is 11.8 Å². The standard InChI is InChI=1S/C25H26N2OS/c28-25(27-17-15-26(16-18-27)24-9-5-2-6-10-24)23-13-11-22(12-14-23)20-29-19-21-7-3-1-4-8-21/h1-14H,15-20H2. The molecule has 3 aromatic rings. The second-order valence-electron chi connectivity index (χ2n) is 7.29. The summed E-state index contributed by atoms with van der Waals surface area (Å²) in [5.74, 6) is 2.10. The van der Waals surface area contributed by atoms with E-state index in [-0.39, 0.29) is 5.91 Å². The van der Waals surface area contributed by atoms with Crippen LogP contribution in [0.25, 0.3) is 0 Å². The van der Waals surface area contributed by atoms with Gasteiger partial charge in [0.15, 0.2) is 0 Å². The van der Waals surface area contributed by atoms with Crippen LogP contribution in [0, 0.1) is 0 Å². The van der Waals surface area contributed by atoms with Crippen LogP contribution in [-0.4, -0.2) is 37.0 Å². The minimum absolute atomic E-state index is 0.140. The molecule has 0 radical (unpaired) electrons. The lowest BCUT2D eigenvalue weighted by atomic mass is 10.1. The highest BCUT2D eigenvalue weighted by Gasteiger charge is 2.22. The number of anilines is 1. The summed E-state index contributed by atoms with van der Waals surface area (Å²) < 4.78 is 0. The fraction of sp³-hybridized carbons (Fsp3) is 0.240. The molecule has 1 heterocycles. The molecular weight excluding hydrogens is 376 g/mol. The van der Waals surface area contributed by atoms with Crippen molar-refractivity contribution in [2.24, 2.45) is 0 Å². The molecule has 1 aliphatic rings. The van der Waals surface area contributed by atoms with E-state index in [2.05, 4.69) is 65.6 Å². The number of nitrogens with zero attached hydrogens (tertiary/aromatic N) is 2. The van der Waals surface area contributed by atoms with Crippen molar-refractivity contribution in [1.29, 1.82) is 0 Å². The second-order valence-corrected chi connectivity index (χ2v) is 8.28. The zero-order chi connectivity index (χ0) is 19.9. The Balaban J connectivity index is 1.27. The maximum Gasteiger partial charge on any atom is 0.253 e. The van der Waals surface area contributed by atoms with E-state index in [1.807, 2.05) is 40.9 Å². The van der Waals surface area contributed by atoms with E-state index in [0.29, 0.717) is 0 Å². The molecule has 0 atom stereocenters. The molecule has 4 heteroatoms. The van der Waals surface area contributed by atoms with Gasteiger partial charge in [0, 0.05) is 48.9 Å². The van der Waals surface area contributed by atoms with Gasteiger partial charge < -0.3 is 9.80 Å². The van der Waals surface area contributed by atoms with Crippen molar-refractivity contribution in [3.05, 3.63) is 102 Å². The first-order valence-corrected chi connectivity index (χ1v) is 11.2. The molecule has 3 nitrogen and oxygen atoms in total. The molecule has 0 saturated carbocycles. The van der Waals surface area contributed by atoms with Crippen molar-refractivity contribution < 1.29 is 4.79 Å². The largest absolute Gasteiger partial charge is 0.368 e. The summed E-state index contributed by atoms with van der Waals surface area (Å²) >= 11 is 1.90. The summed E-state index contributed by atoms with van der Waals surface area (Å²) in [7, 11) is 0. The van der Waals surface area contributed by atoms with Crippen LogP contribution in [0.1, 0.15) is 21.5 Å². The molecule has 4 rings (SSSR count). The smallest absolute Gasteiger partial charge is 0.253 e. The predicted molar refractivity (Wildman–Crippen MR) is 122 cm³/mol. The molecule has 1 amide bonds. The summed E-state index contributed by atoms with van der Waals surface area (Å²) in [5.41, 5.74) is 4.63. The molecule has 1 saturated heterocycles. The molecule has 3 aromatic carbocycles.